The van der Waals surface area contributed by atoms with Crippen molar-refractivity contribution in [1.29, 1.82) is 0 Å². The van der Waals surface area contributed by atoms with Crippen molar-refractivity contribution in [3.63, 3.8) is 0 Å². The van der Waals surface area contributed by atoms with Crippen LogP contribution >= 0.6 is 0 Å². The molecular weight excluding hydrogens is 258 g/mol. The third kappa shape index (κ3) is 1.90. The second-order valence-corrected chi connectivity index (χ2v) is 6.40. The zero-order valence-electron chi connectivity index (χ0n) is 12.4. The lowest BCUT2D eigenvalue weighted by molar-refractivity contribution is 0.126. The van der Waals surface area contributed by atoms with Crippen LogP contribution in [0.5, 0.6) is 5.75 Å². The molecule has 1 saturated heterocycles. The van der Waals surface area contributed by atoms with Gasteiger partial charge in [-0.1, -0.05) is 42.5 Å². The van der Waals surface area contributed by atoms with Crippen LogP contribution in [0.4, 0.5) is 0 Å². The lowest BCUT2D eigenvalue weighted by Crippen LogP contribution is -2.34. The number of piperidine rings is 1. The summed E-state index contributed by atoms with van der Waals surface area (Å²) < 4.78 is 0. The normalized spacial score (nSPS) is 28.1. The average Bonchev–Trinajstić information content (AvgIpc) is 2.83. The van der Waals surface area contributed by atoms with Gasteiger partial charge in [0.25, 0.3) is 0 Å². The Bertz CT molecular complexity index is 666. The molecule has 1 heterocycles. The number of aromatic hydroxyl groups is 1. The summed E-state index contributed by atoms with van der Waals surface area (Å²) in [5.74, 6) is 1.34. The van der Waals surface area contributed by atoms with Crippen molar-refractivity contribution in [1.82, 2.24) is 4.90 Å². The van der Waals surface area contributed by atoms with E-state index in [1.54, 1.807) is 0 Å². The Labute approximate surface area is 126 Å². The maximum atomic E-state index is 10.3. The molecule has 2 aliphatic rings. The van der Waals surface area contributed by atoms with E-state index < -0.39 is 0 Å². The summed E-state index contributed by atoms with van der Waals surface area (Å²) in [6.45, 7) is 1.17. The van der Waals surface area contributed by atoms with Gasteiger partial charge < -0.3 is 5.11 Å². The molecule has 108 valence electrons. The number of phenols is 1. The molecule has 3 atom stereocenters. The van der Waals surface area contributed by atoms with Crippen molar-refractivity contribution in [2.45, 2.75) is 24.8 Å². The number of likely N-dealkylation sites (tertiary alicyclic amines) is 1. The SMILES string of the molecule is CN1CCCC2C(c3ccccc3O)c3ccccc3C21. The minimum Gasteiger partial charge on any atom is -0.508 e. The van der Waals surface area contributed by atoms with E-state index >= 15 is 0 Å². The van der Waals surface area contributed by atoms with Gasteiger partial charge in [-0.2, -0.15) is 0 Å². The number of benzene rings is 2. The van der Waals surface area contributed by atoms with Gasteiger partial charge in [0.05, 0.1) is 0 Å². The highest BCUT2D eigenvalue weighted by Gasteiger charge is 2.45. The Morgan fingerprint density at radius 3 is 2.38 bits per heavy atom. The molecule has 2 aromatic rings. The van der Waals surface area contributed by atoms with Crippen LogP contribution in [0.15, 0.2) is 48.5 Å². The molecular formula is C19H21NO. The Balaban J connectivity index is 1.89. The highest BCUT2D eigenvalue weighted by atomic mass is 16.3. The fourth-order valence-corrected chi connectivity index (χ4v) is 4.46. The van der Waals surface area contributed by atoms with Crippen LogP contribution in [0, 0.1) is 5.92 Å². The maximum absolute atomic E-state index is 10.3. The van der Waals surface area contributed by atoms with Crippen molar-refractivity contribution < 1.29 is 5.11 Å². The largest absolute Gasteiger partial charge is 0.508 e. The molecule has 0 saturated carbocycles. The van der Waals surface area contributed by atoms with Gasteiger partial charge in [0, 0.05) is 17.5 Å². The first-order valence-electron chi connectivity index (χ1n) is 7.84. The number of hydrogen-bond acceptors (Lipinski definition) is 2. The number of nitrogens with zero attached hydrogens (tertiary/aromatic N) is 1. The number of hydrogen-bond donors (Lipinski definition) is 1. The lowest BCUT2D eigenvalue weighted by Gasteiger charge is -2.37. The molecule has 2 nitrogen and oxygen atoms in total. The second-order valence-electron chi connectivity index (χ2n) is 6.40. The van der Waals surface area contributed by atoms with Gasteiger partial charge in [0.2, 0.25) is 0 Å². The molecule has 2 heteroatoms. The van der Waals surface area contributed by atoms with Crippen LogP contribution in [0.3, 0.4) is 0 Å². The third-order valence-corrected chi connectivity index (χ3v) is 5.28. The fraction of sp³-hybridized carbons (Fsp3) is 0.368. The summed E-state index contributed by atoms with van der Waals surface area (Å²) in [6.07, 6.45) is 2.48. The Morgan fingerprint density at radius 1 is 0.952 bits per heavy atom. The van der Waals surface area contributed by atoms with Crippen LogP contribution in [-0.2, 0) is 0 Å². The smallest absolute Gasteiger partial charge is 0.119 e. The molecule has 1 N–H and O–H groups in total. The van der Waals surface area contributed by atoms with E-state index in [0.29, 0.717) is 23.6 Å². The van der Waals surface area contributed by atoms with E-state index in [-0.39, 0.29) is 0 Å². The van der Waals surface area contributed by atoms with Gasteiger partial charge in [0.15, 0.2) is 0 Å². The van der Waals surface area contributed by atoms with Crippen LogP contribution in [0.2, 0.25) is 0 Å². The van der Waals surface area contributed by atoms with E-state index in [0.717, 1.165) is 5.56 Å². The molecule has 2 aromatic carbocycles. The fourth-order valence-electron chi connectivity index (χ4n) is 4.46. The van der Waals surface area contributed by atoms with Crippen molar-refractivity contribution in [3.05, 3.63) is 65.2 Å². The minimum absolute atomic E-state index is 0.329. The van der Waals surface area contributed by atoms with E-state index in [9.17, 15) is 5.11 Å². The van der Waals surface area contributed by atoms with E-state index in [1.807, 2.05) is 18.2 Å². The van der Waals surface area contributed by atoms with Crippen molar-refractivity contribution in [3.8, 4) is 5.75 Å². The molecule has 4 rings (SSSR count). The van der Waals surface area contributed by atoms with Gasteiger partial charge in [-0.15, -0.1) is 0 Å². The number of para-hydroxylation sites is 1. The molecule has 1 fully saturated rings. The zero-order chi connectivity index (χ0) is 14.4. The van der Waals surface area contributed by atoms with Crippen molar-refractivity contribution in [2.75, 3.05) is 13.6 Å². The van der Waals surface area contributed by atoms with Crippen molar-refractivity contribution >= 4 is 0 Å². The predicted molar refractivity (Wildman–Crippen MR) is 84.5 cm³/mol. The summed E-state index contributed by atoms with van der Waals surface area (Å²) >= 11 is 0. The lowest BCUT2D eigenvalue weighted by atomic mass is 9.79. The molecule has 0 radical (unpaired) electrons. The molecule has 3 unspecified atom stereocenters. The first-order valence-corrected chi connectivity index (χ1v) is 7.84. The molecule has 1 aliphatic carbocycles. The molecule has 0 amide bonds. The molecule has 0 bridgehead atoms. The van der Waals surface area contributed by atoms with Crippen LogP contribution in [0.25, 0.3) is 0 Å². The first-order chi connectivity index (χ1) is 10.3. The van der Waals surface area contributed by atoms with Gasteiger partial charge >= 0.3 is 0 Å². The summed E-state index contributed by atoms with van der Waals surface area (Å²) in [5, 5.41) is 10.3. The standard InChI is InChI=1S/C19H21NO/c1-20-12-6-10-16-18(15-9-4-5-11-17(15)21)13-7-2-3-8-14(13)19(16)20/h2-5,7-9,11,16,18-19,21H,6,10,12H2,1H3. The highest BCUT2D eigenvalue weighted by Crippen LogP contribution is 2.55. The van der Waals surface area contributed by atoms with Crippen LogP contribution in [-0.4, -0.2) is 23.6 Å². The number of phenolic OH excluding ortho intramolecular Hbond substituents is 1. The van der Waals surface area contributed by atoms with Crippen molar-refractivity contribution in [2.24, 2.45) is 5.92 Å². The molecule has 1 aliphatic heterocycles. The first kappa shape index (κ1) is 12.9. The van der Waals surface area contributed by atoms with Crippen LogP contribution < -0.4 is 0 Å². The molecule has 0 spiro atoms. The summed E-state index contributed by atoms with van der Waals surface area (Å²) in [4.78, 5) is 2.49. The predicted octanol–water partition coefficient (Wildman–Crippen LogP) is 3.92. The van der Waals surface area contributed by atoms with E-state index in [2.05, 4.69) is 42.3 Å². The molecule has 0 aromatic heterocycles. The monoisotopic (exact) mass is 279 g/mol. The Morgan fingerprint density at radius 2 is 1.62 bits per heavy atom. The maximum Gasteiger partial charge on any atom is 0.119 e. The second kappa shape index (κ2) is 4.88. The summed E-state index contributed by atoms with van der Waals surface area (Å²) in [7, 11) is 2.24. The third-order valence-electron chi connectivity index (χ3n) is 5.28. The van der Waals surface area contributed by atoms with Gasteiger partial charge in [0.1, 0.15) is 5.75 Å². The average molecular weight is 279 g/mol. The summed E-state index contributed by atoms with van der Waals surface area (Å²) in [5.41, 5.74) is 3.95. The van der Waals surface area contributed by atoms with Gasteiger partial charge in [-0.25, -0.2) is 0 Å². The quantitative estimate of drug-likeness (QED) is 0.855. The topological polar surface area (TPSA) is 23.5 Å². The van der Waals surface area contributed by atoms with Gasteiger partial charge in [-0.3, -0.25) is 4.90 Å². The minimum atomic E-state index is 0.329. The van der Waals surface area contributed by atoms with Gasteiger partial charge in [-0.05, 0) is 49.5 Å². The zero-order valence-corrected chi connectivity index (χ0v) is 12.4. The van der Waals surface area contributed by atoms with E-state index in [1.165, 1.54) is 30.5 Å². The highest BCUT2D eigenvalue weighted by molar-refractivity contribution is 5.50. The number of fused-ring (bicyclic) bond motifs is 3. The molecule has 21 heavy (non-hydrogen) atoms. The Kier molecular flexibility index (Phi) is 3.00. The summed E-state index contributed by atoms with van der Waals surface area (Å²) in [6, 6.07) is 17.1. The van der Waals surface area contributed by atoms with Crippen LogP contribution in [0.1, 0.15) is 41.5 Å². The van der Waals surface area contributed by atoms with E-state index in [4.69, 9.17) is 0 Å². The number of rotatable bonds is 1. The Hall–Kier alpha value is -1.80.